The van der Waals surface area contributed by atoms with Crippen LogP contribution >= 0.6 is 0 Å². The van der Waals surface area contributed by atoms with Gasteiger partial charge in [0, 0.05) is 7.05 Å². The van der Waals surface area contributed by atoms with Crippen LogP contribution in [0.2, 0.25) is 0 Å². The third kappa shape index (κ3) is 2.66. The van der Waals surface area contributed by atoms with E-state index in [1.165, 1.54) is 9.80 Å². The van der Waals surface area contributed by atoms with Crippen molar-refractivity contribution < 1.29 is 14.3 Å². The molecule has 1 fully saturated rings. The monoisotopic (exact) mass is 254 g/mol. The van der Waals surface area contributed by atoms with Crippen LogP contribution in [0.3, 0.4) is 0 Å². The van der Waals surface area contributed by atoms with Crippen molar-refractivity contribution in [2.24, 2.45) is 0 Å². The van der Waals surface area contributed by atoms with Gasteiger partial charge in [0.2, 0.25) is 5.91 Å². The van der Waals surface area contributed by atoms with Crippen molar-refractivity contribution in [1.29, 1.82) is 0 Å². The van der Waals surface area contributed by atoms with E-state index in [0.717, 1.165) is 0 Å². The maximum absolute atomic E-state index is 12.2. The lowest BCUT2D eigenvalue weighted by Gasteiger charge is -2.30. The maximum atomic E-state index is 12.2. The van der Waals surface area contributed by atoms with Crippen LogP contribution in [0, 0.1) is 0 Å². The second-order valence-corrected chi connectivity index (χ2v) is 5.41. The number of nitrogens with zero attached hydrogens (tertiary/aromatic N) is 2. The molecule has 1 saturated heterocycles. The number of hydrogen-bond donors (Lipinski definition) is 0. The van der Waals surface area contributed by atoms with E-state index in [2.05, 4.69) is 6.58 Å². The van der Waals surface area contributed by atoms with Crippen molar-refractivity contribution in [2.45, 2.75) is 51.9 Å². The molecule has 0 aromatic heterocycles. The topological polar surface area (TPSA) is 49.9 Å². The standard InChI is InChI=1S/C13H22N2O3/c1-7-9-11(16)14(6)10(8-2)15(9)12(17)18-13(3,4)5/h8-10H,2,7H2,1,3-6H3/t9-,10+/m0/s1. The van der Waals surface area contributed by atoms with Crippen molar-refractivity contribution in [1.82, 2.24) is 9.80 Å². The van der Waals surface area contributed by atoms with E-state index in [1.54, 1.807) is 33.9 Å². The van der Waals surface area contributed by atoms with Gasteiger partial charge in [0.1, 0.15) is 17.8 Å². The van der Waals surface area contributed by atoms with Crippen molar-refractivity contribution in [2.75, 3.05) is 7.05 Å². The average molecular weight is 254 g/mol. The fourth-order valence-electron chi connectivity index (χ4n) is 2.05. The molecule has 1 heterocycles. The minimum absolute atomic E-state index is 0.0757. The Labute approximate surface area is 108 Å². The van der Waals surface area contributed by atoms with Gasteiger partial charge in [-0.1, -0.05) is 13.5 Å². The third-order valence-corrected chi connectivity index (χ3v) is 2.85. The molecule has 0 aliphatic carbocycles. The first-order valence-corrected chi connectivity index (χ1v) is 6.13. The van der Waals surface area contributed by atoms with E-state index in [9.17, 15) is 9.59 Å². The molecule has 1 rings (SSSR count). The van der Waals surface area contributed by atoms with Crippen LogP contribution in [-0.2, 0) is 9.53 Å². The van der Waals surface area contributed by atoms with Gasteiger partial charge in [-0.3, -0.25) is 9.69 Å². The van der Waals surface area contributed by atoms with Gasteiger partial charge in [-0.15, -0.1) is 0 Å². The van der Waals surface area contributed by atoms with Gasteiger partial charge in [-0.25, -0.2) is 4.79 Å². The second kappa shape index (κ2) is 5.00. The first-order valence-electron chi connectivity index (χ1n) is 6.13. The van der Waals surface area contributed by atoms with E-state index in [0.29, 0.717) is 6.42 Å². The van der Waals surface area contributed by atoms with E-state index < -0.39 is 23.9 Å². The molecule has 0 radical (unpaired) electrons. The number of ether oxygens (including phenoxy) is 1. The SMILES string of the molecule is C=C[C@@H]1N(C)C(=O)[C@H](CC)N1C(=O)OC(C)(C)C. The summed E-state index contributed by atoms with van der Waals surface area (Å²) in [6.07, 6.45) is 1.23. The Kier molecular flexibility index (Phi) is 4.04. The fraction of sp³-hybridized carbons (Fsp3) is 0.692. The van der Waals surface area contributed by atoms with Crippen molar-refractivity contribution in [3.05, 3.63) is 12.7 Å². The molecule has 1 aliphatic rings. The van der Waals surface area contributed by atoms with Gasteiger partial charge in [0.05, 0.1) is 0 Å². The normalized spacial score (nSPS) is 24.4. The highest BCUT2D eigenvalue weighted by molar-refractivity contribution is 5.89. The number of likely N-dealkylation sites (N-methyl/N-ethyl adjacent to an activating group) is 1. The predicted molar refractivity (Wildman–Crippen MR) is 68.9 cm³/mol. The Morgan fingerprint density at radius 2 is 2.06 bits per heavy atom. The van der Waals surface area contributed by atoms with Crippen LogP contribution in [0.5, 0.6) is 0 Å². The summed E-state index contributed by atoms with van der Waals surface area (Å²) >= 11 is 0. The number of rotatable bonds is 2. The summed E-state index contributed by atoms with van der Waals surface area (Å²) in [4.78, 5) is 27.2. The van der Waals surface area contributed by atoms with Crippen molar-refractivity contribution in [3.63, 3.8) is 0 Å². The number of carbonyl (C=O) groups excluding carboxylic acids is 2. The molecule has 0 aromatic rings. The van der Waals surface area contributed by atoms with Crippen LogP contribution in [0.1, 0.15) is 34.1 Å². The number of amides is 2. The molecule has 2 amide bonds. The first-order chi connectivity index (χ1) is 8.22. The zero-order valence-corrected chi connectivity index (χ0v) is 11.8. The molecule has 0 saturated carbocycles. The minimum atomic E-state index is -0.578. The predicted octanol–water partition coefficient (Wildman–Crippen LogP) is 1.99. The van der Waals surface area contributed by atoms with Crippen LogP contribution in [0.4, 0.5) is 4.79 Å². The van der Waals surface area contributed by atoms with Crippen LogP contribution in [0.15, 0.2) is 12.7 Å². The van der Waals surface area contributed by atoms with Crippen molar-refractivity contribution >= 4 is 12.0 Å². The van der Waals surface area contributed by atoms with Gasteiger partial charge in [0.15, 0.2) is 0 Å². The van der Waals surface area contributed by atoms with E-state index >= 15 is 0 Å². The van der Waals surface area contributed by atoms with Gasteiger partial charge < -0.3 is 9.64 Å². The Hall–Kier alpha value is -1.52. The van der Waals surface area contributed by atoms with E-state index in [1.807, 2.05) is 6.92 Å². The summed E-state index contributed by atoms with van der Waals surface area (Å²) in [5.74, 6) is -0.0757. The first kappa shape index (κ1) is 14.5. The molecule has 18 heavy (non-hydrogen) atoms. The molecular formula is C13H22N2O3. The zero-order valence-electron chi connectivity index (χ0n) is 11.8. The molecule has 0 bridgehead atoms. The van der Waals surface area contributed by atoms with Crippen molar-refractivity contribution in [3.8, 4) is 0 Å². The summed E-state index contributed by atoms with van der Waals surface area (Å²) in [6.45, 7) is 11.0. The number of hydrogen-bond acceptors (Lipinski definition) is 3. The lowest BCUT2D eigenvalue weighted by molar-refractivity contribution is -0.128. The third-order valence-electron chi connectivity index (χ3n) is 2.85. The molecule has 5 nitrogen and oxygen atoms in total. The van der Waals surface area contributed by atoms with Gasteiger partial charge >= 0.3 is 6.09 Å². The number of carbonyl (C=O) groups is 2. The summed E-state index contributed by atoms with van der Waals surface area (Å²) in [5, 5.41) is 0. The Bertz CT molecular complexity index is 360. The lowest BCUT2D eigenvalue weighted by Crippen LogP contribution is -2.45. The van der Waals surface area contributed by atoms with Crippen LogP contribution < -0.4 is 0 Å². The lowest BCUT2D eigenvalue weighted by atomic mass is 10.2. The molecule has 1 aliphatic heterocycles. The molecule has 5 heteroatoms. The summed E-state index contributed by atoms with van der Waals surface area (Å²) in [6, 6.07) is -0.465. The summed E-state index contributed by atoms with van der Waals surface area (Å²) in [7, 11) is 1.67. The quantitative estimate of drug-likeness (QED) is 0.708. The minimum Gasteiger partial charge on any atom is -0.444 e. The van der Waals surface area contributed by atoms with Gasteiger partial charge in [-0.05, 0) is 33.3 Å². The highest BCUT2D eigenvalue weighted by atomic mass is 16.6. The fourth-order valence-corrected chi connectivity index (χ4v) is 2.05. The Balaban J connectivity index is 2.99. The zero-order chi connectivity index (χ0) is 14.1. The second-order valence-electron chi connectivity index (χ2n) is 5.41. The molecule has 2 atom stereocenters. The van der Waals surface area contributed by atoms with Crippen LogP contribution in [-0.4, -0.2) is 46.7 Å². The molecular weight excluding hydrogens is 232 g/mol. The average Bonchev–Trinajstić information content (AvgIpc) is 2.49. The highest BCUT2D eigenvalue weighted by Crippen LogP contribution is 2.25. The molecule has 0 spiro atoms. The Morgan fingerprint density at radius 1 is 1.50 bits per heavy atom. The smallest absolute Gasteiger partial charge is 0.412 e. The molecule has 102 valence electrons. The molecule has 0 N–H and O–H groups in total. The van der Waals surface area contributed by atoms with E-state index in [4.69, 9.17) is 4.74 Å². The van der Waals surface area contributed by atoms with Gasteiger partial charge in [-0.2, -0.15) is 0 Å². The Morgan fingerprint density at radius 3 is 2.44 bits per heavy atom. The van der Waals surface area contributed by atoms with Gasteiger partial charge in [0.25, 0.3) is 0 Å². The summed E-state index contributed by atoms with van der Waals surface area (Å²) in [5.41, 5.74) is -0.578. The highest BCUT2D eigenvalue weighted by Gasteiger charge is 2.45. The van der Waals surface area contributed by atoms with E-state index in [-0.39, 0.29) is 5.91 Å². The largest absolute Gasteiger partial charge is 0.444 e. The summed E-state index contributed by atoms with van der Waals surface area (Å²) < 4.78 is 5.34. The molecule has 0 aromatic carbocycles. The maximum Gasteiger partial charge on any atom is 0.412 e. The molecule has 0 unspecified atom stereocenters. The van der Waals surface area contributed by atoms with Crippen LogP contribution in [0.25, 0.3) is 0 Å².